The van der Waals surface area contributed by atoms with Crippen LogP contribution in [0.15, 0.2) is 77.7 Å². The maximum atomic E-state index is 12.8. The van der Waals surface area contributed by atoms with Crippen LogP contribution in [0.2, 0.25) is 0 Å². The summed E-state index contributed by atoms with van der Waals surface area (Å²) in [7, 11) is -3.48. The Balaban J connectivity index is 1.33. The highest BCUT2D eigenvalue weighted by molar-refractivity contribution is 7.90. The van der Waals surface area contributed by atoms with E-state index in [4.69, 9.17) is 14.2 Å². The average molecular weight is 545 g/mol. The van der Waals surface area contributed by atoms with Crippen molar-refractivity contribution in [3.63, 3.8) is 0 Å². The molecule has 0 spiro atoms. The summed E-state index contributed by atoms with van der Waals surface area (Å²) < 4.78 is 42.4. The quantitative estimate of drug-likeness (QED) is 0.301. The van der Waals surface area contributed by atoms with Crippen molar-refractivity contribution in [3.8, 4) is 5.75 Å². The number of aliphatic hydroxyl groups is 4. The summed E-state index contributed by atoms with van der Waals surface area (Å²) in [4.78, 5) is 0.277. The standard InChI is InChI=1S/C28H32O9S/c1-18-11-21(17-38(33,34)23-5-3-2-4-6-23)13-22(12-18)35-15-19-7-9-20(10-8-19)16-36-28-27(32)26(31)25(30)24(14-29)37-28/h2-13,24-32H,14-17H2,1H3/t24-,25-,26+,27-,28-/m1/s1. The molecule has 0 bridgehead atoms. The van der Waals surface area contributed by atoms with Crippen molar-refractivity contribution in [2.75, 3.05) is 6.61 Å². The van der Waals surface area contributed by atoms with Crippen LogP contribution in [-0.4, -0.2) is 66.2 Å². The van der Waals surface area contributed by atoms with Crippen LogP contribution in [0.5, 0.6) is 5.75 Å². The molecule has 4 rings (SSSR count). The van der Waals surface area contributed by atoms with E-state index < -0.39 is 47.2 Å². The topological polar surface area (TPSA) is 143 Å². The van der Waals surface area contributed by atoms with E-state index in [1.54, 1.807) is 36.4 Å². The largest absolute Gasteiger partial charge is 0.489 e. The first-order valence-corrected chi connectivity index (χ1v) is 13.8. The van der Waals surface area contributed by atoms with E-state index in [1.165, 1.54) is 0 Å². The molecule has 3 aromatic rings. The van der Waals surface area contributed by atoms with E-state index in [0.29, 0.717) is 11.3 Å². The molecule has 1 heterocycles. The van der Waals surface area contributed by atoms with Gasteiger partial charge < -0.3 is 34.6 Å². The molecule has 0 amide bonds. The Kier molecular flexibility index (Phi) is 9.16. The van der Waals surface area contributed by atoms with E-state index >= 15 is 0 Å². The van der Waals surface area contributed by atoms with Crippen LogP contribution in [-0.2, 0) is 38.3 Å². The molecule has 1 fully saturated rings. The third-order valence-electron chi connectivity index (χ3n) is 6.26. The SMILES string of the molecule is Cc1cc(CS(=O)(=O)c2ccccc2)cc(OCc2ccc(CO[C@@H]3O[C@H](CO)[C@@H](O)[C@H](O)[C@H]3O)cc2)c1. The van der Waals surface area contributed by atoms with Gasteiger partial charge in [0.15, 0.2) is 16.1 Å². The Labute approximate surface area is 221 Å². The molecule has 9 nitrogen and oxygen atoms in total. The van der Waals surface area contributed by atoms with Crippen LogP contribution in [0.4, 0.5) is 0 Å². The molecule has 38 heavy (non-hydrogen) atoms. The fourth-order valence-electron chi connectivity index (χ4n) is 4.20. The van der Waals surface area contributed by atoms with Gasteiger partial charge in [-0.3, -0.25) is 0 Å². The van der Waals surface area contributed by atoms with E-state index in [9.17, 15) is 28.8 Å². The molecule has 0 radical (unpaired) electrons. The van der Waals surface area contributed by atoms with Gasteiger partial charge in [0.1, 0.15) is 36.8 Å². The molecule has 1 aliphatic heterocycles. The van der Waals surface area contributed by atoms with Crippen molar-refractivity contribution in [2.45, 2.75) is 61.5 Å². The van der Waals surface area contributed by atoms with Crippen LogP contribution in [0.3, 0.4) is 0 Å². The second-order valence-electron chi connectivity index (χ2n) is 9.34. The van der Waals surface area contributed by atoms with Gasteiger partial charge in [-0.05, 0) is 53.4 Å². The van der Waals surface area contributed by atoms with Gasteiger partial charge in [0.2, 0.25) is 0 Å². The fourth-order valence-corrected chi connectivity index (χ4v) is 5.55. The molecule has 0 aromatic heterocycles. The van der Waals surface area contributed by atoms with Crippen LogP contribution in [0.1, 0.15) is 22.3 Å². The molecule has 4 N–H and O–H groups in total. The van der Waals surface area contributed by atoms with E-state index in [2.05, 4.69) is 0 Å². The number of benzene rings is 3. The number of rotatable bonds is 10. The highest BCUT2D eigenvalue weighted by atomic mass is 32.2. The van der Waals surface area contributed by atoms with Gasteiger partial charge in [-0.15, -0.1) is 0 Å². The Morgan fingerprint density at radius 2 is 1.47 bits per heavy atom. The van der Waals surface area contributed by atoms with Crippen LogP contribution < -0.4 is 4.74 Å². The van der Waals surface area contributed by atoms with Gasteiger partial charge in [-0.1, -0.05) is 48.5 Å². The number of aryl methyl sites for hydroxylation is 1. The molecule has 3 aromatic carbocycles. The molecular formula is C28H32O9S. The Morgan fingerprint density at radius 3 is 2.13 bits per heavy atom. The zero-order chi connectivity index (χ0) is 27.3. The summed E-state index contributed by atoms with van der Waals surface area (Å²) in [6, 6.07) is 21.1. The smallest absolute Gasteiger partial charge is 0.187 e. The van der Waals surface area contributed by atoms with Gasteiger partial charge >= 0.3 is 0 Å². The lowest BCUT2D eigenvalue weighted by molar-refractivity contribution is -0.304. The third-order valence-corrected chi connectivity index (χ3v) is 7.96. The highest BCUT2D eigenvalue weighted by Crippen LogP contribution is 2.24. The van der Waals surface area contributed by atoms with Gasteiger partial charge in [-0.25, -0.2) is 8.42 Å². The normalized spacial score (nSPS) is 23.8. The van der Waals surface area contributed by atoms with Crippen molar-refractivity contribution in [1.82, 2.24) is 0 Å². The van der Waals surface area contributed by atoms with Crippen LogP contribution in [0, 0.1) is 6.92 Å². The summed E-state index contributed by atoms with van der Waals surface area (Å²) in [6.45, 7) is 1.70. The zero-order valence-electron chi connectivity index (χ0n) is 20.9. The highest BCUT2D eigenvalue weighted by Gasteiger charge is 2.43. The maximum absolute atomic E-state index is 12.8. The molecule has 10 heteroatoms. The van der Waals surface area contributed by atoms with Gasteiger partial charge in [-0.2, -0.15) is 0 Å². The second kappa shape index (κ2) is 12.4. The molecule has 1 aliphatic rings. The first-order valence-electron chi connectivity index (χ1n) is 12.2. The molecule has 1 saturated heterocycles. The van der Waals surface area contributed by atoms with Crippen molar-refractivity contribution in [3.05, 3.63) is 95.1 Å². The second-order valence-corrected chi connectivity index (χ2v) is 11.3. The summed E-state index contributed by atoms with van der Waals surface area (Å²) >= 11 is 0. The van der Waals surface area contributed by atoms with Gasteiger partial charge in [0.05, 0.1) is 23.9 Å². The van der Waals surface area contributed by atoms with Crippen LogP contribution in [0.25, 0.3) is 0 Å². The molecule has 0 saturated carbocycles. The van der Waals surface area contributed by atoms with E-state index in [0.717, 1.165) is 16.7 Å². The van der Waals surface area contributed by atoms with Gasteiger partial charge in [0.25, 0.3) is 0 Å². The van der Waals surface area contributed by atoms with E-state index in [1.807, 2.05) is 43.3 Å². The average Bonchev–Trinajstić information content (AvgIpc) is 2.91. The molecule has 204 valence electrons. The predicted octanol–water partition coefficient (Wildman–Crippen LogP) is 1.86. The summed E-state index contributed by atoms with van der Waals surface area (Å²) in [6.07, 6.45) is -6.62. The monoisotopic (exact) mass is 544 g/mol. The Morgan fingerprint density at radius 1 is 0.816 bits per heavy atom. The van der Waals surface area contributed by atoms with Crippen molar-refractivity contribution < 1.29 is 43.1 Å². The van der Waals surface area contributed by atoms with Crippen molar-refractivity contribution in [1.29, 1.82) is 0 Å². The summed E-state index contributed by atoms with van der Waals surface area (Å²) in [5.41, 5.74) is 3.18. The van der Waals surface area contributed by atoms with Crippen molar-refractivity contribution in [2.24, 2.45) is 0 Å². The molecule has 0 unspecified atom stereocenters. The number of hydrogen-bond acceptors (Lipinski definition) is 9. The zero-order valence-corrected chi connectivity index (χ0v) is 21.7. The van der Waals surface area contributed by atoms with Crippen LogP contribution >= 0.6 is 0 Å². The molecule has 5 atom stereocenters. The lowest BCUT2D eigenvalue weighted by Crippen LogP contribution is -2.59. The first-order chi connectivity index (χ1) is 18.2. The van der Waals surface area contributed by atoms with Gasteiger partial charge in [0, 0.05) is 0 Å². The predicted molar refractivity (Wildman–Crippen MR) is 138 cm³/mol. The third kappa shape index (κ3) is 6.97. The van der Waals surface area contributed by atoms with Crippen molar-refractivity contribution >= 4 is 9.84 Å². The number of hydrogen-bond donors (Lipinski definition) is 4. The number of aliphatic hydroxyl groups excluding tert-OH is 4. The summed E-state index contributed by atoms with van der Waals surface area (Å²) in [5.74, 6) is 0.441. The minimum absolute atomic E-state index is 0.0704. The molecular weight excluding hydrogens is 512 g/mol. The lowest BCUT2D eigenvalue weighted by atomic mass is 9.99. The number of sulfone groups is 1. The van der Waals surface area contributed by atoms with E-state index in [-0.39, 0.29) is 23.9 Å². The minimum Gasteiger partial charge on any atom is -0.489 e. The number of ether oxygens (including phenoxy) is 3. The molecule has 0 aliphatic carbocycles. The fraction of sp³-hybridized carbons (Fsp3) is 0.357. The maximum Gasteiger partial charge on any atom is 0.187 e. The summed E-state index contributed by atoms with van der Waals surface area (Å²) in [5, 5.41) is 39.1. The lowest BCUT2D eigenvalue weighted by Gasteiger charge is -2.39. The Bertz CT molecular complexity index is 1290. The minimum atomic E-state index is -3.48. The Hall–Kier alpha value is -2.83. The first kappa shape index (κ1) is 28.2.